The predicted octanol–water partition coefficient (Wildman–Crippen LogP) is 1.88. The SMILES string of the molecule is CCCC(n1cccc1)[SiH](OC)OC. The molecule has 1 atom stereocenters. The van der Waals surface area contributed by atoms with Crippen LogP contribution in [0.15, 0.2) is 24.5 Å². The standard InChI is InChI=1S/C10H19NO2Si/c1-4-7-10(14(12-2)13-3)11-8-5-6-9-11/h5-6,8-10,14H,4,7H2,1-3H3. The second kappa shape index (κ2) is 6.01. The van der Waals surface area contributed by atoms with E-state index in [-0.39, 0.29) is 0 Å². The zero-order chi connectivity index (χ0) is 10.4. The third-order valence-electron chi connectivity index (χ3n) is 2.37. The monoisotopic (exact) mass is 213 g/mol. The first kappa shape index (κ1) is 11.5. The van der Waals surface area contributed by atoms with Crippen LogP contribution in [0.3, 0.4) is 0 Å². The smallest absolute Gasteiger partial charge is 0.344 e. The van der Waals surface area contributed by atoms with Crippen LogP contribution in [0, 0.1) is 0 Å². The Morgan fingerprint density at radius 2 is 1.79 bits per heavy atom. The Kier molecular flexibility index (Phi) is 4.93. The third-order valence-corrected chi connectivity index (χ3v) is 4.61. The van der Waals surface area contributed by atoms with Crippen molar-refractivity contribution in [3.05, 3.63) is 24.5 Å². The lowest BCUT2D eigenvalue weighted by Crippen LogP contribution is -2.32. The molecule has 0 saturated carbocycles. The quantitative estimate of drug-likeness (QED) is 0.674. The van der Waals surface area contributed by atoms with Crippen LogP contribution in [0.1, 0.15) is 25.4 Å². The van der Waals surface area contributed by atoms with Gasteiger partial charge in [-0.3, -0.25) is 0 Å². The summed E-state index contributed by atoms with van der Waals surface area (Å²) in [6, 6.07) is 4.08. The van der Waals surface area contributed by atoms with E-state index >= 15 is 0 Å². The fraction of sp³-hybridized carbons (Fsp3) is 0.600. The Morgan fingerprint density at radius 1 is 1.21 bits per heavy atom. The Morgan fingerprint density at radius 3 is 2.21 bits per heavy atom. The summed E-state index contributed by atoms with van der Waals surface area (Å²) >= 11 is 0. The molecule has 1 rings (SSSR count). The van der Waals surface area contributed by atoms with Crippen LogP contribution in [-0.2, 0) is 8.85 Å². The van der Waals surface area contributed by atoms with Gasteiger partial charge in [-0.25, -0.2) is 0 Å². The van der Waals surface area contributed by atoms with Crippen LogP contribution < -0.4 is 0 Å². The molecule has 1 aromatic heterocycles. The molecule has 0 saturated heterocycles. The Hall–Kier alpha value is -0.583. The normalized spacial score (nSPS) is 13.4. The van der Waals surface area contributed by atoms with Gasteiger partial charge >= 0.3 is 9.28 Å². The van der Waals surface area contributed by atoms with Crippen LogP contribution in [0.5, 0.6) is 0 Å². The number of hydrogen-bond donors (Lipinski definition) is 0. The van der Waals surface area contributed by atoms with Gasteiger partial charge in [-0.1, -0.05) is 13.3 Å². The summed E-state index contributed by atoms with van der Waals surface area (Å²) in [5.41, 5.74) is 0.407. The average molecular weight is 213 g/mol. The van der Waals surface area contributed by atoms with Crippen LogP contribution in [0.4, 0.5) is 0 Å². The molecule has 0 bridgehead atoms. The van der Waals surface area contributed by atoms with Crippen molar-refractivity contribution >= 4 is 9.28 Å². The minimum Gasteiger partial charge on any atom is -0.399 e. The van der Waals surface area contributed by atoms with E-state index in [9.17, 15) is 0 Å². The fourth-order valence-corrected chi connectivity index (χ4v) is 3.61. The van der Waals surface area contributed by atoms with Gasteiger partial charge in [0.2, 0.25) is 0 Å². The van der Waals surface area contributed by atoms with Crippen LogP contribution in [0.2, 0.25) is 0 Å². The largest absolute Gasteiger partial charge is 0.399 e. The number of hydrogen-bond acceptors (Lipinski definition) is 2. The maximum atomic E-state index is 5.43. The van der Waals surface area contributed by atoms with Gasteiger partial charge in [0, 0.05) is 26.6 Å². The molecule has 0 radical (unpaired) electrons. The number of aromatic nitrogens is 1. The van der Waals surface area contributed by atoms with E-state index in [2.05, 4.69) is 23.9 Å². The molecule has 1 heterocycles. The molecule has 14 heavy (non-hydrogen) atoms. The molecule has 0 N–H and O–H groups in total. The zero-order valence-electron chi connectivity index (χ0n) is 9.14. The molecule has 0 aliphatic rings. The van der Waals surface area contributed by atoms with Gasteiger partial charge in [0.25, 0.3) is 0 Å². The number of nitrogens with zero attached hydrogens (tertiary/aromatic N) is 1. The Labute approximate surface area is 87.5 Å². The maximum Gasteiger partial charge on any atom is 0.344 e. The lowest BCUT2D eigenvalue weighted by Gasteiger charge is -2.23. The van der Waals surface area contributed by atoms with Gasteiger partial charge < -0.3 is 13.4 Å². The summed E-state index contributed by atoms with van der Waals surface area (Å²) in [7, 11) is 1.93. The first-order valence-corrected chi connectivity index (χ1v) is 6.62. The predicted molar refractivity (Wildman–Crippen MR) is 59.5 cm³/mol. The summed E-state index contributed by atoms with van der Waals surface area (Å²) in [6.45, 7) is 2.19. The molecule has 3 nitrogen and oxygen atoms in total. The summed E-state index contributed by atoms with van der Waals surface area (Å²) in [5, 5.41) is 0. The lowest BCUT2D eigenvalue weighted by molar-refractivity contribution is 0.250. The van der Waals surface area contributed by atoms with Crippen molar-refractivity contribution < 1.29 is 8.85 Å². The molecule has 0 aliphatic carbocycles. The van der Waals surface area contributed by atoms with Gasteiger partial charge in [-0.15, -0.1) is 0 Å². The van der Waals surface area contributed by atoms with Crippen LogP contribution in [0.25, 0.3) is 0 Å². The molecule has 0 amide bonds. The Bertz CT molecular complexity index is 234. The van der Waals surface area contributed by atoms with E-state index in [4.69, 9.17) is 8.85 Å². The van der Waals surface area contributed by atoms with E-state index in [1.54, 1.807) is 14.2 Å². The van der Waals surface area contributed by atoms with Gasteiger partial charge in [0.15, 0.2) is 0 Å². The Balaban J connectivity index is 2.72. The minimum absolute atomic E-state index is 0.407. The van der Waals surface area contributed by atoms with Crippen molar-refractivity contribution in [2.75, 3.05) is 14.2 Å². The van der Waals surface area contributed by atoms with Gasteiger partial charge in [0.05, 0.1) is 5.67 Å². The van der Waals surface area contributed by atoms with E-state index in [0.717, 1.165) is 12.8 Å². The van der Waals surface area contributed by atoms with E-state index in [0.29, 0.717) is 5.67 Å². The molecule has 0 aromatic carbocycles. The molecule has 1 unspecified atom stereocenters. The van der Waals surface area contributed by atoms with Crippen LogP contribution in [-0.4, -0.2) is 28.1 Å². The summed E-state index contributed by atoms with van der Waals surface area (Å²) < 4.78 is 13.1. The van der Waals surface area contributed by atoms with Gasteiger partial charge in [-0.2, -0.15) is 0 Å². The summed E-state index contributed by atoms with van der Waals surface area (Å²) in [4.78, 5) is 0. The average Bonchev–Trinajstić information content (AvgIpc) is 2.71. The molecule has 0 aliphatic heterocycles. The molecular weight excluding hydrogens is 194 g/mol. The maximum absolute atomic E-state index is 5.43. The number of rotatable bonds is 6. The zero-order valence-corrected chi connectivity index (χ0v) is 10.3. The van der Waals surface area contributed by atoms with Crippen molar-refractivity contribution in [2.24, 2.45) is 0 Å². The molecule has 4 heteroatoms. The van der Waals surface area contributed by atoms with Crippen molar-refractivity contribution in [2.45, 2.75) is 25.4 Å². The molecular formula is C10H19NO2Si. The van der Waals surface area contributed by atoms with Crippen LogP contribution >= 0.6 is 0 Å². The highest BCUT2D eigenvalue weighted by atomic mass is 28.3. The second-order valence-corrected chi connectivity index (χ2v) is 5.78. The van der Waals surface area contributed by atoms with Crippen molar-refractivity contribution in [3.63, 3.8) is 0 Å². The fourth-order valence-electron chi connectivity index (χ4n) is 1.70. The highest BCUT2D eigenvalue weighted by molar-refractivity contribution is 6.45. The van der Waals surface area contributed by atoms with E-state index in [1.807, 2.05) is 12.1 Å². The third kappa shape index (κ3) is 2.70. The minimum atomic E-state index is -1.55. The highest BCUT2D eigenvalue weighted by Gasteiger charge is 2.24. The van der Waals surface area contributed by atoms with Crippen molar-refractivity contribution in [1.82, 2.24) is 4.57 Å². The van der Waals surface area contributed by atoms with Crippen molar-refractivity contribution in [1.29, 1.82) is 0 Å². The van der Waals surface area contributed by atoms with Gasteiger partial charge in [0.1, 0.15) is 0 Å². The molecule has 1 aromatic rings. The summed E-state index contributed by atoms with van der Waals surface area (Å²) in [5.74, 6) is 0. The molecule has 80 valence electrons. The molecule has 0 spiro atoms. The summed E-state index contributed by atoms with van der Waals surface area (Å²) in [6.07, 6.45) is 6.43. The lowest BCUT2D eigenvalue weighted by atomic mass is 10.3. The van der Waals surface area contributed by atoms with Gasteiger partial charge in [-0.05, 0) is 18.6 Å². The highest BCUT2D eigenvalue weighted by Crippen LogP contribution is 2.18. The van der Waals surface area contributed by atoms with E-state index < -0.39 is 9.28 Å². The molecule has 0 fully saturated rings. The van der Waals surface area contributed by atoms with Crippen molar-refractivity contribution in [3.8, 4) is 0 Å². The first-order chi connectivity index (χ1) is 6.83. The topological polar surface area (TPSA) is 23.4 Å². The second-order valence-electron chi connectivity index (χ2n) is 3.33. The first-order valence-electron chi connectivity index (χ1n) is 5.01. The van der Waals surface area contributed by atoms with E-state index in [1.165, 1.54) is 0 Å².